The Hall–Kier alpha value is -2.87. The minimum atomic E-state index is -0.712. The summed E-state index contributed by atoms with van der Waals surface area (Å²) in [5.74, 6) is -0.314. The predicted octanol–water partition coefficient (Wildman–Crippen LogP) is 3.86. The van der Waals surface area contributed by atoms with Crippen molar-refractivity contribution in [1.29, 1.82) is 0 Å². The van der Waals surface area contributed by atoms with E-state index in [1.807, 2.05) is 0 Å². The fourth-order valence-electron chi connectivity index (χ4n) is 2.74. The van der Waals surface area contributed by atoms with Crippen LogP contribution >= 0.6 is 11.6 Å². The number of carbonyl (C=O) groups excluding carboxylic acids is 1. The van der Waals surface area contributed by atoms with Crippen LogP contribution in [0.5, 0.6) is 0 Å². The Bertz CT molecular complexity index is 1100. The zero-order chi connectivity index (χ0) is 20.6. The van der Waals surface area contributed by atoms with Crippen LogP contribution in [0.25, 0.3) is 11.2 Å². The molecule has 9 heteroatoms. The van der Waals surface area contributed by atoms with Gasteiger partial charge in [0.25, 0.3) is 5.56 Å². The first-order valence-corrected chi connectivity index (χ1v) is 9.00. The summed E-state index contributed by atoms with van der Waals surface area (Å²) < 4.78 is 21.6. The SMILES string of the molecule is C[C@H](NC(=O)OC(C)(C)C)c1nn2ccc(Cl)c2c(=O)n1-c1cccc(F)c1. The Morgan fingerprint density at radius 3 is 2.68 bits per heavy atom. The van der Waals surface area contributed by atoms with Crippen LogP contribution in [0.3, 0.4) is 0 Å². The second-order valence-electron chi connectivity index (χ2n) is 7.30. The van der Waals surface area contributed by atoms with Gasteiger partial charge in [-0.1, -0.05) is 17.7 Å². The highest BCUT2D eigenvalue weighted by molar-refractivity contribution is 6.33. The third-order valence-corrected chi connectivity index (χ3v) is 4.15. The quantitative estimate of drug-likeness (QED) is 0.716. The molecule has 3 rings (SSSR count). The van der Waals surface area contributed by atoms with Crippen LogP contribution in [0, 0.1) is 5.82 Å². The van der Waals surface area contributed by atoms with Crippen LogP contribution in [0.2, 0.25) is 5.02 Å². The van der Waals surface area contributed by atoms with Gasteiger partial charge in [0.2, 0.25) is 0 Å². The number of alkyl carbamates (subject to hydrolysis) is 1. The summed E-state index contributed by atoms with van der Waals surface area (Å²) in [6.07, 6.45) is 0.879. The van der Waals surface area contributed by atoms with E-state index in [0.29, 0.717) is 0 Å². The van der Waals surface area contributed by atoms with Gasteiger partial charge in [0.15, 0.2) is 5.82 Å². The largest absolute Gasteiger partial charge is 0.444 e. The second kappa shape index (κ2) is 7.27. The van der Waals surface area contributed by atoms with E-state index in [1.54, 1.807) is 40.0 Å². The van der Waals surface area contributed by atoms with Crippen molar-refractivity contribution in [3.63, 3.8) is 0 Å². The Labute approximate surface area is 165 Å². The number of amides is 1. The number of aromatic nitrogens is 3. The molecule has 0 spiro atoms. The van der Waals surface area contributed by atoms with Gasteiger partial charge < -0.3 is 10.1 Å². The fourth-order valence-corrected chi connectivity index (χ4v) is 2.97. The van der Waals surface area contributed by atoms with E-state index in [2.05, 4.69) is 10.4 Å². The lowest BCUT2D eigenvalue weighted by Crippen LogP contribution is -2.37. The number of hydrogen-bond acceptors (Lipinski definition) is 4. The number of fused-ring (bicyclic) bond motifs is 1. The van der Waals surface area contributed by atoms with Crippen LogP contribution in [0.1, 0.15) is 39.6 Å². The lowest BCUT2D eigenvalue weighted by molar-refractivity contribution is 0.0505. The highest BCUT2D eigenvalue weighted by atomic mass is 35.5. The Balaban J connectivity index is 2.14. The van der Waals surface area contributed by atoms with Gasteiger partial charge in [-0.15, -0.1) is 0 Å². The predicted molar refractivity (Wildman–Crippen MR) is 104 cm³/mol. The van der Waals surface area contributed by atoms with Crippen LogP contribution in [-0.2, 0) is 4.74 Å². The number of ether oxygens (including phenoxy) is 1. The molecule has 0 aliphatic rings. The average molecular weight is 407 g/mol. The van der Waals surface area contributed by atoms with E-state index in [9.17, 15) is 14.0 Å². The summed E-state index contributed by atoms with van der Waals surface area (Å²) in [6, 6.07) is 6.36. The molecule has 28 heavy (non-hydrogen) atoms. The summed E-state index contributed by atoms with van der Waals surface area (Å²) in [5, 5.41) is 7.29. The van der Waals surface area contributed by atoms with Crippen molar-refractivity contribution in [2.45, 2.75) is 39.3 Å². The smallest absolute Gasteiger partial charge is 0.408 e. The molecule has 1 amide bonds. The monoisotopic (exact) mass is 406 g/mol. The first kappa shape index (κ1) is 19.9. The fraction of sp³-hybridized carbons (Fsp3) is 0.316. The molecule has 3 aromatic rings. The first-order valence-electron chi connectivity index (χ1n) is 8.62. The first-order chi connectivity index (χ1) is 13.1. The highest BCUT2D eigenvalue weighted by Gasteiger charge is 2.23. The molecule has 0 aliphatic carbocycles. The van der Waals surface area contributed by atoms with E-state index < -0.39 is 29.1 Å². The molecule has 2 heterocycles. The molecule has 0 unspecified atom stereocenters. The Kier molecular flexibility index (Phi) is 5.16. The van der Waals surface area contributed by atoms with Crippen LogP contribution in [0.4, 0.5) is 9.18 Å². The van der Waals surface area contributed by atoms with Crippen molar-refractivity contribution < 1.29 is 13.9 Å². The number of carbonyl (C=O) groups is 1. The lowest BCUT2D eigenvalue weighted by Gasteiger charge is -2.23. The van der Waals surface area contributed by atoms with E-state index >= 15 is 0 Å². The number of nitrogens with zero attached hydrogens (tertiary/aromatic N) is 3. The van der Waals surface area contributed by atoms with Gasteiger partial charge in [-0.2, -0.15) is 5.10 Å². The minimum Gasteiger partial charge on any atom is -0.444 e. The van der Waals surface area contributed by atoms with E-state index in [-0.39, 0.29) is 22.1 Å². The molecule has 0 bridgehead atoms. The van der Waals surface area contributed by atoms with Crippen molar-refractivity contribution in [3.05, 3.63) is 63.5 Å². The van der Waals surface area contributed by atoms with E-state index in [4.69, 9.17) is 16.3 Å². The van der Waals surface area contributed by atoms with Crippen molar-refractivity contribution in [3.8, 4) is 5.69 Å². The standard InChI is InChI=1S/C19H20ClFN4O3/c1-11(22-18(27)28-19(2,3)4)16-23-24-9-8-14(20)15(24)17(26)25(16)13-7-5-6-12(21)10-13/h5-11H,1-4H3,(H,22,27)/t11-/m0/s1. The molecule has 0 fully saturated rings. The topological polar surface area (TPSA) is 77.6 Å². The molecule has 7 nitrogen and oxygen atoms in total. The third-order valence-electron chi connectivity index (χ3n) is 3.85. The van der Waals surface area contributed by atoms with Crippen molar-refractivity contribution >= 4 is 23.2 Å². The number of hydrogen-bond donors (Lipinski definition) is 1. The molecular formula is C19H20ClFN4O3. The summed E-state index contributed by atoms with van der Waals surface area (Å²) in [5.41, 5.74) is -0.745. The summed E-state index contributed by atoms with van der Waals surface area (Å²) in [6.45, 7) is 6.88. The molecule has 1 atom stereocenters. The number of nitrogens with one attached hydrogen (secondary N) is 1. The maximum absolute atomic E-state index is 13.8. The molecule has 0 saturated heterocycles. The van der Waals surface area contributed by atoms with Crippen molar-refractivity contribution in [1.82, 2.24) is 19.5 Å². The summed E-state index contributed by atoms with van der Waals surface area (Å²) in [7, 11) is 0. The maximum Gasteiger partial charge on any atom is 0.408 e. The van der Waals surface area contributed by atoms with Gasteiger partial charge in [0.05, 0.1) is 16.8 Å². The van der Waals surface area contributed by atoms with Crippen molar-refractivity contribution in [2.24, 2.45) is 0 Å². The molecule has 0 radical (unpaired) electrons. The van der Waals surface area contributed by atoms with E-state index in [1.165, 1.54) is 33.3 Å². The maximum atomic E-state index is 13.8. The van der Waals surface area contributed by atoms with Gasteiger partial charge in [-0.05, 0) is 52.0 Å². The Morgan fingerprint density at radius 1 is 1.32 bits per heavy atom. The number of rotatable bonds is 3. The lowest BCUT2D eigenvalue weighted by atomic mass is 10.2. The minimum absolute atomic E-state index is 0.152. The van der Waals surface area contributed by atoms with Crippen LogP contribution in [0.15, 0.2) is 41.3 Å². The molecule has 1 aromatic carbocycles. The van der Waals surface area contributed by atoms with Crippen molar-refractivity contribution in [2.75, 3.05) is 0 Å². The molecule has 148 valence electrons. The van der Waals surface area contributed by atoms with Gasteiger partial charge in [0, 0.05) is 6.20 Å². The van der Waals surface area contributed by atoms with Crippen LogP contribution in [-0.4, -0.2) is 25.9 Å². The third kappa shape index (κ3) is 4.01. The van der Waals surface area contributed by atoms with Gasteiger partial charge in [-0.3, -0.25) is 9.36 Å². The number of benzene rings is 1. The molecular weight excluding hydrogens is 387 g/mol. The van der Waals surface area contributed by atoms with Gasteiger partial charge >= 0.3 is 6.09 Å². The van der Waals surface area contributed by atoms with Gasteiger partial charge in [0.1, 0.15) is 16.9 Å². The molecule has 2 aromatic heterocycles. The Morgan fingerprint density at radius 2 is 2.04 bits per heavy atom. The van der Waals surface area contributed by atoms with Gasteiger partial charge in [-0.25, -0.2) is 13.7 Å². The van der Waals surface area contributed by atoms with E-state index in [0.717, 1.165) is 0 Å². The molecule has 0 saturated carbocycles. The van der Waals surface area contributed by atoms with Crippen LogP contribution < -0.4 is 10.9 Å². The summed E-state index contributed by atoms with van der Waals surface area (Å²) >= 11 is 6.12. The second-order valence-corrected chi connectivity index (χ2v) is 7.71. The zero-order valence-electron chi connectivity index (χ0n) is 15.9. The normalized spacial score (nSPS) is 12.8. The average Bonchev–Trinajstić information content (AvgIpc) is 2.94. The zero-order valence-corrected chi connectivity index (χ0v) is 16.6. The number of halogens is 2. The molecule has 0 aliphatic heterocycles. The highest BCUT2D eigenvalue weighted by Crippen LogP contribution is 2.20. The molecule has 1 N–H and O–H groups in total. The summed E-state index contributed by atoms with van der Waals surface area (Å²) in [4.78, 5) is 25.3.